The van der Waals surface area contributed by atoms with Gasteiger partial charge in [0.1, 0.15) is 0 Å². The van der Waals surface area contributed by atoms with Crippen molar-refractivity contribution in [2.45, 2.75) is 38.4 Å². The quantitative estimate of drug-likeness (QED) is 0.859. The zero-order valence-corrected chi connectivity index (χ0v) is 14.9. The molecule has 1 aliphatic rings. The normalized spacial score (nSPS) is 17.3. The van der Waals surface area contributed by atoms with E-state index in [1.807, 2.05) is 12.1 Å². The first kappa shape index (κ1) is 21.2. The number of amides is 1. The SMILES string of the molecule is CN(C)Cc1ccccc1CNC(=O)[C@H]1CCCCN1.Cl.Cl. The van der Waals surface area contributed by atoms with Crippen molar-refractivity contribution in [2.75, 3.05) is 20.6 Å². The van der Waals surface area contributed by atoms with Gasteiger partial charge in [-0.2, -0.15) is 0 Å². The number of nitrogens with zero attached hydrogens (tertiary/aromatic N) is 1. The van der Waals surface area contributed by atoms with Crippen LogP contribution in [-0.2, 0) is 17.9 Å². The van der Waals surface area contributed by atoms with Crippen LogP contribution in [0.25, 0.3) is 0 Å². The molecular weight excluding hydrogens is 321 g/mol. The van der Waals surface area contributed by atoms with E-state index >= 15 is 0 Å². The second-order valence-electron chi connectivity index (χ2n) is 5.73. The molecule has 1 aromatic carbocycles. The Morgan fingerprint density at radius 1 is 1.23 bits per heavy atom. The molecule has 0 unspecified atom stereocenters. The van der Waals surface area contributed by atoms with Crippen LogP contribution in [0.4, 0.5) is 0 Å². The van der Waals surface area contributed by atoms with Gasteiger partial charge in [-0.25, -0.2) is 0 Å². The number of carbonyl (C=O) groups is 1. The van der Waals surface area contributed by atoms with Crippen LogP contribution in [0.15, 0.2) is 24.3 Å². The number of halogens is 2. The summed E-state index contributed by atoms with van der Waals surface area (Å²) in [5.41, 5.74) is 2.47. The summed E-state index contributed by atoms with van der Waals surface area (Å²) in [6, 6.07) is 8.28. The predicted octanol–water partition coefficient (Wildman–Crippen LogP) is 2.35. The van der Waals surface area contributed by atoms with Crippen LogP contribution in [0.5, 0.6) is 0 Å². The van der Waals surface area contributed by atoms with E-state index < -0.39 is 0 Å². The van der Waals surface area contributed by atoms with Gasteiger partial charge in [0.05, 0.1) is 6.04 Å². The Morgan fingerprint density at radius 2 is 1.91 bits per heavy atom. The van der Waals surface area contributed by atoms with E-state index in [1.165, 1.54) is 17.5 Å². The third-order valence-electron chi connectivity index (χ3n) is 3.68. The van der Waals surface area contributed by atoms with Crippen LogP contribution >= 0.6 is 24.8 Å². The molecule has 0 radical (unpaired) electrons. The third kappa shape index (κ3) is 6.53. The average molecular weight is 348 g/mol. The third-order valence-corrected chi connectivity index (χ3v) is 3.68. The van der Waals surface area contributed by atoms with Gasteiger partial charge >= 0.3 is 0 Å². The monoisotopic (exact) mass is 347 g/mol. The van der Waals surface area contributed by atoms with Gasteiger partial charge in [0, 0.05) is 13.1 Å². The summed E-state index contributed by atoms with van der Waals surface area (Å²) in [7, 11) is 4.11. The van der Waals surface area contributed by atoms with Crippen molar-refractivity contribution in [3.8, 4) is 0 Å². The highest BCUT2D eigenvalue weighted by Gasteiger charge is 2.20. The number of carbonyl (C=O) groups excluding carboxylic acids is 1. The summed E-state index contributed by atoms with van der Waals surface area (Å²) in [6.45, 7) is 2.46. The molecule has 1 heterocycles. The summed E-state index contributed by atoms with van der Waals surface area (Å²) in [5, 5.41) is 6.34. The molecule has 1 fully saturated rings. The highest BCUT2D eigenvalue weighted by molar-refractivity contribution is 5.85. The largest absolute Gasteiger partial charge is 0.351 e. The summed E-state index contributed by atoms with van der Waals surface area (Å²) < 4.78 is 0. The lowest BCUT2D eigenvalue weighted by atomic mass is 10.0. The lowest BCUT2D eigenvalue weighted by Crippen LogP contribution is -2.46. The van der Waals surface area contributed by atoms with Crippen molar-refractivity contribution < 1.29 is 4.79 Å². The molecule has 0 spiro atoms. The van der Waals surface area contributed by atoms with Gasteiger partial charge in [0.15, 0.2) is 0 Å². The first-order chi connectivity index (χ1) is 9.66. The molecule has 126 valence electrons. The van der Waals surface area contributed by atoms with Crippen molar-refractivity contribution in [1.82, 2.24) is 15.5 Å². The van der Waals surface area contributed by atoms with Crippen LogP contribution in [0, 0.1) is 0 Å². The van der Waals surface area contributed by atoms with Crippen LogP contribution in [0.3, 0.4) is 0 Å². The van der Waals surface area contributed by atoms with Crippen LogP contribution < -0.4 is 10.6 Å². The molecule has 2 rings (SSSR count). The van der Waals surface area contributed by atoms with Gasteiger partial charge in [-0.3, -0.25) is 4.79 Å². The van der Waals surface area contributed by atoms with E-state index in [1.54, 1.807) is 0 Å². The van der Waals surface area contributed by atoms with Gasteiger partial charge in [0.25, 0.3) is 0 Å². The van der Waals surface area contributed by atoms with E-state index in [9.17, 15) is 4.79 Å². The van der Waals surface area contributed by atoms with Crippen molar-refractivity contribution in [2.24, 2.45) is 0 Å². The summed E-state index contributed by atoms with van der Waals surface area (Å²) in [6.07, 6.45) is 3.27. The van der Waals surface area contributed by atoms with E-state index in [0.717, 1.165) is 25.9 Å². The molecule has 1 aromatic rings. The molecule has 0 bridgehead atoms. The Kier molecular flexibility index (Phi) is 10.4. The number of nitrogens with one attached hydrogen (secondary N) is 2. The molecule has 1 amide bonds. The highest BCUT2D eigenvalue weighted by Crippen LogP contribution is 2.11. The van der Waals surface area contributed by atoms with E-state index in [2.05, 4.69) is 41.8 Å². The minimum atomic E-state index is -0.00948. The number of piperidine rings is 1. The van der Waals surface area contributed by atoms with Crippen molar-refractivity contribution >= 4 is 30.7 Å². The Balaban J connectivity index is 0.00000220. The Bertz CT molecular complexity index is 449. The molecule has 1 saturated heterocycles. The zero-order valence-electron chi connectivity index (χ0n) is 13.3. The maximum atomic E-state index is 12.1. The lowest BCUT2D eigenvalue weighted by molar-refractivity contribution is -0.123. The van der Waals surface area contributed by atoms with Gasteiger partial charge in [-0.05, 0) is 44.6 Å². The standard InChI is InChI=1S/C16H25N3O.2ClH/c1-19(2)12-14-8-4-3-7-13(14)11-18-16(20)15-9-5-6-10-17-15;;/h3-4,7-8,15,17H,5-6,9-12H2,1-2H3,(H,18,20);2*1H/t15-;;/m1../s1. The summed E-state index contributed by atoms with van der Waals surface area (Å²) in [4.78, 5) is 14.3. The highest BCUT2D eigenvalue weighted by atomic mass is 35.5. The summed E-state index contributed by atoms with van der Waals surface area (Å²) >= 11 is 0. The molecule has 0 aliphatic carbocycles. The Morgan fingerprint density at radius 3 is 2.50 bits per heavy atom. The molecule has 1 atom stereocenters. The predicted molar refractivity (Wildman–Crippen MR) is 95.8 cm³/mol. The minimum Gasteiger partial charge on any atom is -0.351 e. The minimum absolute atomic E-state index is 0. The molecule has 0 saturated carbocycles. The van der Waals surface area contributed by atoms with E-state index in [0.29, 0.717) is 6.54 Å². The second-order valence-corrected chi connectivity index (χ2v) is 5.73. The van der Waals surface area contributed by atoms with Crippen molar-refractivity contribution in [3.05, 3.63) is 35.4 Å². The topological polar surface area (TPSA) is 44.4 Å². The first-order valence-electron chi connectivity index (χ1n) is 7.39. The Labute approximate surface area is 145 Å². The average Bonchev–Trinajstić information content (AvgIpc) is 2.46. The van der Waals surface area contributed by atoms with Gasteiger partial charge in [0.2, 0.25) is 5.91 Å². The molecular formula is C16H27Cl2N3O. The van der Waals surface area contributed by atoms with Crippen molar-refractivity contribution in [1.29, 1.82) is 0 Å². The molecule has 6 heteroatoms. The van der Waals surface area contributed by atoms with Crippen LogP contribution in [-0.4, -0.2) is 37.5 Å². The van der Waals surface area contributed by atoms with Gasteiger partial charge < -0.3 is 15.5 Å². The first-order valence-corrected chi connectivity index (χ1v) is 7.39. The van der Waals surface area contributed by atoms with E-state index in [-0.39, 0.29) is 36.8 Å². The van der Waals surface area contributed by atoms with Gasteiger partial charge in [-0.15, -0.1) is 24.8 Å². The lowest BCUT2D eigenvalue weighted by Gasteiger charge is -2.23. The fraction of sp³-hybridized carbons (Fsp3) is 0.562. The van der Waals surface area contributed by atoms with Crippen molar-refractivity contribution in [3.63, 3.8) is 0 Å². The fourth-order valence-corrected chi connectivity index (χ4v) is 2.61. The van der Waals surface area contributed by atoms with E-state index in [4.69, 9.17) is 0 Å². The maximum absolute atomic E-state index is 12.1. The zero-order chi connectivity index (χ0) is 14.4. The molecule has 22 heavy (non-hydrogen) atoms. The summed E-state index contributed by atoms with van der Waals surface area (Å²) in [5.74, 6) is 0.129. The van der Waals surface area contributed by atoms with Gasteiger partial charge in [-0.1, -0.05) is 30.7 Å². The molecule has 0 aromatic heterocycles. The number of benzene rings is 1. The number of hydrogen-bond acceptors (Lipinski definition) is 3. The van der Waals surface area contributed by atoms with Crippen LogP contribution in [0.2, 0.25) is 0 Å². The number of hydrogen-bond donors (Lipinski definition) is 2. The Hall–Kier alpha value is -0.810. The second kappa shape index (κ2) is 10.8. The fourth-order valence-electron chi connectivity index (χ4n) is 2.61. The molecule has 4 nitrogen and oxygen atoms in total. The smallest absolute Gasteiger partial charge is 0.237 e. The molecule has 1 aliphatic heterocycles. The van der Waals surface area contributed by atoms with Crippen LogP contribution in [0.1, 0.15) is 30.4 Å². The molecule has 2 N–H and O–H groups in total. The number of rotatable bonds is 5. The maximum Gasteiger partial charge on any atom is 0.237 e.